The number of hydrogen-bond donors (Lipinski definition) is 0. The van der Waals surface area contributed by atoms with Crippen LogP contribution in [0.5, 0.6) is 0 Å². The number of aromatic nitrogens is 2. The largest absolute Gasteiger partial charge is 0.330 e. The highest BCUT2D eigenvalue weighted by Crippen LogP contribution is 2.28. The molecular weight excluding hydrogens is 306 g/mol. The molecule has 1 heterocycles. The lowest BCUT2D eigenvalue weighted by Crippen LogP contribution is -2.11. The zero-order chi connectivity index (χ0) is 17.3. The summed E-state index contributed by atoms with van der Waals surface area (Å²) in [5.74, 6) is -0.711. The molecule has 0 aliphatic carbocycles. The third-order valence-electron chi connectivity index (χ3n) is 4.62. The summed E-state index contributed by atoms with van der Waals surface area (Å²) >= 11 is 0. The third kappa shape index (κ3) is 2.96. The summed E-state index contributed by atoms with van der Waals surface area (Å²) in [4.78, 5) is 4.46. The molecule has 0 saturated carbocycles. The van der Waals surface area contributed by atoms with Gasteiger partial charge in [0.15, 0.2) is 11.6 Å². The number of aryl methyl sites for hydroxylation is 1. The van der Waals surface area contributed by atoms with Crippen LogP contribution in [-0.2, 0) is 6.54 Å². The van der Waals surface area contributed by atoms with Crippen molar-refractivity contribution in [3.63, 3.8) is 0 Å². The minimum atomic E-state index is -0.822. The van der Waals surface area contributed by atoms with E-state index in [1.165, 1.54) is 22.8 Å². The number of halogens is 2. The van der Waals surface area contributed by atoms with Crippen LogP contribution < -0.4 is 0 Å². The van der Waals surface area contributed by atoms with E-state index in [1.54, 1.807) is 18.5 Å². The maximum atomic E-state index is 14.0. The maximum Gasteiger partial charge on any atom is 0.163 e. The molecule has 2 nitrogen and oxygen atoms in total. The van der Waals surface area contributed by atoms with Gasteiger partial charge in [-0.1, -0.05) is 37.3 Å². The van der Waals surface area contributed by atoms with Crippen molar-refractivity contribution >= 4 is 0 Å². The minimum Gasteiger partial charge on any atom is -0.330 e. The lowest BCUT2D eigenvalue weighted by molar-refractivity contribution is 0.493. The highest BCUT2D eigenvalue weighted by Gasteiger charge is 2.18. The highest BCUT2D eigenvalue weighted by atomic mass is 19.2. The first-order chi connectivity index (χ1) is 11.5. The van der Waals surface area contributed by atoms with Gasteiger partial charge in [0, 0.05) is 23.9 Å². The Morgan fingerprint density at radius 3 is 2.62 bits per heavy atom. The molecule has 4 heteroatoms. The third-order valence-corrected chi connectivity index (χ3v) is 4.62. The van der Waals surface area contributed by atoms with E-state index in [-0.39, 0.29) is 12.5 Å². The molecule has 0 radical (unpaired) electrons. The molecule has 0 bridgehead atoms. The van der Waals surface area contributed by atoms with E-state index in [1.807, 2.05) is 10.6 Å². The quantitative estimate of drug-likeness (QED) is 0.661. The topological polar surface area (TPSA) is 17.8 Å². The first kappa shape index (κ1) is 16.4. The molecular formula is C20H20F2N2. The molecule has 0 aliphatic heterocycles. The van der Waals surface area contributed by atoms with Crippen molar-refractivity contribution in [2.24, 2.45) is 0 Å². The van der Waals surface area contributed by atoms with Crippen LogP contribution in [0.3, 0.4) is 0 Å². The van der Waals surface area contributed by atoms with Crippen molar-refractivity contribution in [2.45, 2.75) is 33.2 Å². The van der Waals surface area contributed by atoms with E-state index in [4.69, 9.17) is 0 Å². The van der Waals surface area contributed by atoms with Crippen LogP contribution in [0.1, 0.15) is 40.9 Å². The first-order valence-electron chi connectivity index (χ1n) is 7.99. The molecule has 0 N–H and O–H groups in total. The molecule has 0 unspecified atom stereocenters. The SMILES string of the molecule is Cc1cccc([C@H](C)c2nccn2Cc2cccc(F)c2F)c1C. The van der Waals surface area contributed by atoms with E-state index in [0.717, 1.165) is 11.9 Å². The van der Waals surface area contributed by atoms with E-state index < -0.39 is 11.6 Å². The number of benzene rings is 2. The van der Waals surface area contributed by atoms with Crippen LogP contribution >= 0.6 is 0 Å². The second kappa shape index (κ2) is 6.56. The van der Waals surface area contributed by atoms with Crippen LogP contribution in [0.4, 0.5) is 8.78 Å². The standard InChI is InChI=1S/C20H20F2N2/c1-13-6-4-8-17(14(13)2)15(3)20-23-10-11-24(20)12-16-7-5-9-18(21)19(16)22/h4-11,15H,12H2,1-3H3/t15-/m0/s1. The monoisotopic (exact) mass is 326 g/mol. The van der Waals surface area contributed by atoms with Gasteiger partial charge >= 0.3 is 0 Å². The van der Waals surface area contributed by atoms with Crippen LogP contribution in [0.15, 0.2) is 48.8 Å². The Kier molecular flexibility index (Phi) is 4.47. The summed E-state index contributed by atoms with van der Waals surface area (Å²) in [6.07, 6.45) is 3.51. The van der Waals surface area contributed by atoms with Crippen molar-refractivity contribution in [3.8, 4) is 0 Å². The predicted octanol–water partition coefficient (Wildman–Crippen LogP) is 4.98. The van der Waals surface area contributed by atoms with Gasteiger partial charge in [-0.05, 0) is 36.6 Å². The Labute approximate surface area is 140 Å². The van der Waals surface area contributed by atoms with Gasteiger partial charge in [-0.2, -0.15) is 0 Å². The molecule has 0 amide bonds. The molecule has 2 aromatic carbocycles. The van der Waals surface area contributed by atoms with Crippen LogP contribution in [0.2, 0.25) is 0 Å². The van der Waals surface area contributed by atoms with Crippen LogP contribution in [-0.4, -0.2) is 9.55 Å². The molecule has 124 valence electrons. The smallest absolute Gasteiger partial charge is 0.163 e. The fourth-order valence-electron chi connectivity index (χ4n) is 3.07. The normalized spacial score (nSPS) is 12.4. The zero-order valence-electron chi connectivity index (χ0n) is 14.1. The van der Waals surface area contributed by atoms with Crippen LogP contribution in [0, 0.1) is 25.5 Å². The van der Waals surface area contributed by atoms with Crippen molar-refractivity contribution < 1.29 is 8.78 Å². The van der Waals surface area contributed by atoms with E-state index in [0.29, 0.717) is 5.56 Å². The molecule has 1 aromatic heterocycles. The number of rotatable bonds is 4. The summed E-state index contributed by atoms with van der Waals surface area (Å²) in [6.45, 7) is 6.53. The Hall–Kier alpha value is -2.49. The molecule has 1 atom stereocenters. The number of hydrogen-bond acceptors (Lipinski definition) is 1. The average molecular weight is 326 g/mol. The lowest BCUT2D eigenvalue weighted by atomic mass is 9.93. The summed E-state index contributed by atoms with van der Waals surface area (Å²) in [6, 6.07) is 10.5. The molecule has 0 saturated heterocycles. The molecule has 24 heavy (non-hydrogen) atoms. The fourth-order valence-corrected chi connectivity index (χ4v) is 3.07. The zero-order valence-corrected chi connectivity index (χ0v) is 14.1. The Morgan fingerprint density at radius 2 is 1.83 bits per heavy atom. The highest BCUT2D eigenvalue weighted by molar-refractivity contribution is 5.38. The van der Waals surface area contributed by atoms with Gasteiger partial charge in [0.1, 0.15) is 5.82 Å². The van der Waals surface area contributed by atoms with Crippen molar-refractivity contribution in [2.75, 3.05) is 0 Å². The fraction of sp³-hybridized carbons (Fsp3) is 0.250. The Morgan fingerprint density at radius 1 is 1.08 bits per heavy atom. The Bertz CT molecular complexity index is 868. The van der Waals surface area contributed by atoms with Crippen molar-refractivity contribution in [3.05, 3.63) is 88.5 Å². The van der Waals surface area contributed by atoms with Gasteiger partial charge in [-0.25, -0.2) is 13.8 Å². The summed E-state index contributed by atoms with van der Waals surface area (Å²) in [5, 5.41) is 0. The second-order valence-corrected chi connectivity index (χ2v) is 6.14. The van der Waals surface area contributed by atoms with Gasteiger partial charge < -0.3 is 4.57 Å². The van der Waals surface area contributed by atoms with E-state index in [2.05, 4.69) is 37.9 Å². The van der Waals surface area contributed by atoms with Gasteiger partial charge in [-0.3, -0.25) is 0 Å². The minimum absolute atomic E-state index is 0.0662. The van der Waals surface area contributed by atoms with Gasteiger partial charge in [0.25, 0.3) is 0 Å². The Balaban J connectivity index is 1.96. The maximum absolute atomic E-state index is 14.0. The second-order valence-electron chi connectivity index (χ2n) is 6.14. The lowest BCUT2D eigenvalue weighted by Gasteiger charge is -2.18. The van der Waals surface area contributed by atoms with Crippen LogP contribution in [0.25, 0.3) is 0 Å². The summed E-state index contributed by atoms with van der Waals surface area (Å²) < 4.78 is 29.3. The molecule has 3 aromatic rings. The van der Waals surface area contributed by atoms with Gasteiger partial charge in [0.05, 0.1) is 6.54 Å². The van der Waals surface area contributed by atoms with Gasteiger partial charge in [0.2, 0.25) is 0 Å². The summed E-state index contributed by atoms with van der Waals surface area (Å²) in [5.41, 5.74) is 3.98. The van der Waals surface area contributed by atoms with E-state index in [9.17, 15) is 8.78 Å². The van der Waals surface area contributed by atoms with Gasteiger partial charge in [-0.15, -0.1) is 0 Å². The van der Waals surface area contributed by atoms with Crippen molar-refractivity contribution in [1.29, 1.82) is 0 Å². The molecule has 3 rings (SSSR count). The number of nitrogens with zero attached hydrogens (tertiary/aromatic N) is 2. The predicted molar refractivity (Wildman–Crippen MR) is 91.1 cm³/mol. The first-order valence-corrected chi connectivity index (χ1v) is 7.99. The molecule has 0 fully saturated rings. The number of imidazole rings is 1. The average Bonchev–Trinajstić information content (AvgIpc) is 3.02. The molecule has 0 aliphatic rings. The van der Waals surface area contributed by atoms with Crippen molar-refractivity contribution in [1.82, 2.24) is 9.55 Å². The van der Waals surface area contributed by atoms with E-state index >= 15 is 0 Å². The summed E-state index contributed by atoms with van der Waals surface area (Å²) in [7, 11) is 0. The molecule has 0 spiro atoms.